The van der Waals surface area contributed by atoms with Crippen LogP contribution in [-0.4, -0.2) is 29.7 Å². The van der Waals surface area contributed by atoms with Gasteiger partial charge >= 0.3 is 0 Å². The summed E-state index contributed by atoms with van der Waals surface area (Å²) in [5.41, 5.74) is 1.72. The lowest BCUT2D eigenvalue weighted by Gasteiger charge is -2.21. The number of hydrogen-bond acceptors (Lipinski definition) is 5. The van der Waals surface area contributed by atoms with E-state index in [2.05, 4.69) is 16.7 Å². The lowest BCUT2D eigenvalue weighted by molar-refractivity contribution is -0.118. The highest BCUT2D eigenvalue weighted by Crippen LogP contribution is 2.20. The summed E-state index contributed by atoms with van der Waals surface area (Å²) in [6, 6.07) is 17.0. The van der Waals surface area contributed by atoms with E-state index in [9.17, 15) is 4.79 Å². The summed E-state index contributed by atoms with van der Waals surface area (Å²) in [6.07, 6.45) is 3.29. The number of nitrogens with zero attached hydrogens (tertiary/aromatic N) is 3. The number of amides is 1. The fourth-order valence-electron chi connectivity index (χ4n) is 2.83. The molecule has 0 saturated heterocycles. The number of ether oxygens (including phenoxy) is 1. The summed E-state index contributed by atoms with van der Waals surface area (Å²) in [5, 5.41) is 4.02. The Labute approximate surface area is 164 Å². The number of methoxy groups -OCH3 is 1. The number of hydrogen-bond donors (Lipinski definition) is 0. The molecule has 0 aliphatic heterocycles. The number of anilines is 1. The van der Waals surface area contributed by atoms with E-state index in [1.165, 1.54) is 0 Å². The first-order valence-corrected chi connectivity index (χ1v) is 9.14. The van der Waals surface area contributed by atoms with Gasteiger partial charge in [-0.15, -0.1) is 6.58 Å². The van der Waals surface area contributed by atoms with Crippen LogP contribution in [0.5, 0.6) is 5.75 Å². The van der Waals surface area contributed by atoms with E-state index in [1.54, 1.807) is 18.1 Å². The highest BCUT2D eigenvalue weighted by atomic mass is 16.5. The van der Waals surface area contributed by atoms with Gasteiger partial charge in [-0.3, -0.25) is 4.79 Å². The molecule has 1 heterocycles. The van der Waals surface area contributed by atoms with Crippen molar-refractivity contribution in [2.45, 2.75) is 19.3 Å². The number of para-hydroxylation sites is 1. The largest absolute Gasteiger partial charge is 0.497 e. The minimum Gasteiger partial charge on any atom is -0.497 e. The van der Waals surface area contributed by atoms with Gasteiger partial charge in [-0.2, -0.15) is 4.98 Å². The smallest absolute Gasteiger partial charge is 0.227 e. The van der Waals surface area contributed by atoms with E-state index < -0.39 is 0 Å². The molecule has 3 rings (SSSR count). The summed E-state index contributed by atoms with van der Waals surface area (Å²) >= 11 is 0. The van der Waals surface area contributed by atoms with E-state index in [0.717, 1.165) is 17.0 Å². The van der Waals surface area contributed by atoms with Gasteiger partial charge in [0.15, 0.2) is 0 Å². The summed E-state index contributed by atoms with van der Waals surface area (Å²) in [6.45, 7) is 4.22. The predicted octanol–water partition coefficient (Wildman–Crippen LogP) is 4.29. The number of benzene rings is 2. The molecular weight excluding hydrogens is 354 g/mol. The SMILES string of the molecule is C=CCN(C(=O)CCCc1nc(-c2ccc(OC)cc2)no1)c1ccccc1. The van der Waals surface area contributed by atoms with Gasteiger partial charge in [0.25, 0.3) is 0 Å². The Hall–Kier alpha value is -3.41. The lowest BCUT2D eigenvalue weighted by atomic mass is 10.2. The number of aromatic nitrogens is 2. The maximum Gasteiger partial charge on any atom is 0.227 e. The van der Waals surface area contributed by atoms with E-state index in [4.69, 9.17) is 9.26 Å². The van der Waals surface area contributed by atoms with Crippen LogP contribution in [0.15, 0.2) is 71.8 Å². The third-order valence-electron chi connectivity index (χ3n) is 4.28. The molecule has 1 amide bonds. The molecular formula is C22H23N3O3. The zero-order valence-electron chi connectivity index (χ0n) is 15.9. The van der Waals surface area contributed by atoms with Crippen molar-refractivity contribution in [2.75, 3.05) is 18.6 Å². The molecule has 0 spiro atoms. The molecule has 6 heteroatoms. The second-order valence-electron chi connectivity index (χ2n) is 6.22. The Morgan fingerprint density at radius 1 is 1.18 bits per heavy atom. The van der Waals surface area contributed by atoms with Crippen molar-refractivity contribution < 1.29 is 14.1 Å². The van der Waals surface area contributed by atoms with Crippen molar-refractivity contribution in [3.63, 3.8) is 0 Å². The van der Waals surface area contributed by atoms with Crippen LogP contribution in [0, 0.1) is 0 Å². The maximum absolute atomic E-state index is 12.6. The molecule has 0 N–H and O–H groups in total. The first-order valence-electron chi connectivity index (χ1n) is 9.14. The standard InChI is InChI=1S/C22H23N3O3/c1-3-16-25(18-8-5-4-6-9-18)21(26)11-7-10-20-23-22(24-28-20)17-12-14-19(27-2)15-13-17/h3-6,8-9,12-15H,1,7,10-11,16H2,2H3. The highest BCUT2D eigenvalue weighted by Gasteiger charge is 2.15. The van der Waals surface area contributed by atoms with Crippen LogP contribution in [0.4, 0.5) is 5.69 Å². The van der Waals surface area contributed by atoms with Gasteiger partial charge < -0.3 is 14.2 Å². The Morgan fingerprint density at radius 2 is 1.93 bits per heavy atom. The van der Waals surface area contributed by atoms with E-state index >= 15 is 0 Å². The van der Waals surface area contributed by atoms with E-state index in [0.29, 0.717) is 37.5 Å². The third-order valence-corrected chi connectivity index (χ3v) is 4.28. The number of carbonyl (C=O) groups excluding carboxylic acids is 1. The van der Waals surface area contributed by atoms with E-state index in [1.807, 2.05) is 54.6 Å². The molecule has 2 aromatic carbocycles. The van der Waals surface area contributed by atoms with Crippen molar-refractivity contribution >= 4 is 11.6 Å². The summed E-state index contributed by atoms with van der Waals surface area (Å²) in [5.74, 6) is 1.87. The Kier molecular flexibility index (Phi) is 6.57. The molecule has 1 aromatic heterocycles. The number of rotatable bonds is 9. The van der Waals surface area contributed by atoms with Crippen LogP contribution >= 0.6 is 0 Å². The second kappa shape index (κ2) is 9.50. The molecule has 0 bridgehead atoms. The van der Waals surface area contributed by atoms with Crippen LogP contribution in [-0.2, 0) is 11.2 Å². The molecule has 144 valence electrons. The van der Waals surface area contributed by atoms with Crippen LogP contribution < -0.4 is 9.64 Å². The summed E-state index contributed by atoms with van der Waals surface area (Å²) < 4.78 is 10.5. The highest BCUT2D eigenvalue weighted by molar-refractivity contribution is 5.93. The van der Waals surface area contributed by atoms with Crippen LogP contribution in [0.3, 0.4) is 0 Å². The van der Waals surface area contributed by atoms with Crippen molar-refractivity contribution in [1.82, 2.24) is 10.1 Å². The molecule has 0 unspecified atom stereocenters. The third kappa shape index (κ3) is 4.85. The number of aryl methyl sites for hydroxylation is 1. The molecule has 0 aliphatic carbocycles. The number of carbonyl (C=O) groups is 1. The van der Waals surface area contributed by atoms with E-state index in [-0.39, 0.29) is 5.91 Å². The monoisotopic (exact) mass is 377 g/mol. The predicted molar refractivity (Wildman–Crippen MR) is 108 cm³/mol. The lowest BCUT2D eigenvalue weighted by Crippen LogP contribution is -2.30. The second-order valence-corrected chi connectivity index (χ2v) is 6.22. The first-order chi connectivity index (χ1) is 13.7. The molecule has 0 aliphatic rings. The Morgan fingerprint density at radius 3 is 2.61 bits per heavy atom. The minimum absolute atomic E-state index is 0.0426. The molecule has 28 heavy (non-hydrogen) atoms. The molecule has 0 atom stereocenters. The Bertz CT molecular complexity index is 904. The van der Waals surface area contributed by atoms with Gasteiger partial charge in [-0.1, -0.05) is 29.4 Å². The first kappa shape index (κ1) is 19.4. The van der Waals surface area contributed by atoms with Gasteiger partial charge in [0, 0.05) is 30.6 Å². The van der Waals surface area contributed by atoms with Gasteiger partial charge in [0.2, 0.25) is 17.6 Å². The Balaban J connectivity index is 1.56. The van der Waals surface area contributed by atoms with Gasteiger partial charge in [0.1, 0.15) is 5.75 Å². The normalized spacial score (nSPS) is 10.5. The van der Waals surface area contributed by atoms with Crippen molar-refractivity contribution in [3.05, 3.63) is 73.1 Å². The molecule has 0 fully saturated rings. The fraction of sp³-hybridized carbons (Fsp3) is 0.227. The summed E-state index contributed by atoms with van der Waals surface area (Å²) in [4.78, 5) is 18.7. The van der Waals surface area contributed by atoms with Gasteiger partial charge in [0.05, 0.1) is 7.11 Å². The minimum atomic E-state index is 0.0426. The van der Waals surface area contributed by atoms with Crippen LogP contribution in [0.25, 0.3) is 11.4 Å². The van der Waals surface area contributed by atoms with Gasteiger partial charge in [-0.05, 0) is 42.8 Å². The summed E-state index contributed by atoms with van der Waals surface area (Å²) in [7, 11) is 1.62. The topological polar surface area (TPSA) is 68.5 Å². The zero-order valence-corrected chi connectivity index (χ0v) is 15.9. The average molecular weight is 377 g/mol. The molecule has 3 aromatic rings. The molecule has 0 saturated carbocycles. The average Bonchev–Trinajstić information content (AvgIpc) is 3.21. The zero-order chi connectivity index (χ0) is 19.8. The maximum atomic E-state index is 12.6. The fourth-order valence-corrected chi connectivity index (χ4v) is 2.83. The quantitative estimate of drug-likeness (QED) is 0.521. The van der Waals surface area contributed by atoms with Gasteiger partial charge in [-0.25, -0.2) is 0 Å². The van der Waals surface area contributed by atoms with Crippen LogP contribution in [0.2, 0.25) is 0 Å². The van der Waals surface area contributed by atoms with Crippen molar-refractivity contribution in [3.8, 4) is 17.1 Å². The molecule has 0 radical (unpaired) electrons. The van der Waals surface area contributed by atoms with Crippen LogP contribution in [0.1, 0.15) is 18.7 Å². The molecule has 6 nitrogen and oxygen atoms in total. The van der Waals surface area contributed by atoms with Crippen molar-refractivity contribution in [1.29, 1.82) is 0 Å². The van der Waals surface area contributed by atoms with Crippen molar-refractivity contribution in [2.24, 2.45) is 0 Å².